The van der Waals surface area contributed by atoms with Crippen LogP contribution < -0.4 is 4.74 Å². The Morgan fingerprint density at radius 1 is 0.906 bits per heavy atom. The first-order valence-electron chi connectivity index (χ1n) is 10.8. The van der Waals surface area contributed by atoms with Gasteiger partial charge < -0.3 is 14.5 Å². The van der Waals surface area contributed by atoms with E-state index in [1.54, 1.807) is 47.6 Å². The van der Waals surface area contributed by atoms with Crippen molar-refractivity contribution in [2.75, 3.05) is 20.2 Å². The number of thiophene rings is 1. The third-order valence-corrected chi connectivity index (χ3v) is 6.14. The Morgan fingerprint density at radius 3 is 2.22 bits per heavy atom. The number of carbonyl (C=O) groups excluding carboxylic acids is 2. The van der Waals surface area contributed by atoms with E-state index in [-0.39, 0.29) is 18.4 Å². The van der Waals surface area contributed by atoms with Crippen LogP contribution in [0.25, 0.3) is 0 Å². The summed E-state index contributed by atoms with van der Waals surface area (Å²) in [7, 11) is 1.59. The van der Waals surface area contributed by atoms with Gasteiger partial charge in [0, 0.05) is 28.4 Å². The van der Waals surface area contributed by atoms with Crippen molar-refractivity contribution >= 4 is 23.2 Å². The molecule has 0 saturated heterocycles. The summed E-state index contributed by atoms with van der Waals surface area (Å²) in [4.78, 5) is 32.4. The fourth-order valence-corrected chi connectivity index (χ4v) is 4.40. The summed E-state index contributed by atoms with van der Waals surface area (Å²) >= 11 is 1.69. The molecule has 3 rings (SSSR count). The van der Waals surface area contributed by atoms with E-state index in [4.69, 9.17) is 4.74 Å². The van der Waals surface area contributed by atoms with Gasteiger partial charge in [-0.05, 0) is 55.3 Å². The number of amides is 2. The van der Waals surface area contributed by atoms with Gasteiger partial charge in [0.05, 0.1) is 13.7 Å². The van der Waals surface area contributed by atoms with Crippen LogP contribution in [0.5, 0.6) is 5.75 Å². The van der Waals surface area contributed by atoms with Gasteiger partial charge in [0.15, 0.2) is 0 Å². The quantitative estimate of drug-likeness (QED) is 0.429. The first-order valence-corrected chi connectivity index (χ1v) is 11.6. The molecule has 2 amide bonds. The third-order valence-electron chi connectivity index (χ3n) is 5.16. The molecule has 0 fully saturated rings. The van der Waals surface area contributed by atoms with Crippen molar-refractivity contribution < 1.29 is 14.3 Å². The number of ether oxygens (including phenoxy) is 1. The number of hydrogen-bond acceptors (Lipinski definition) is 4. The van der Waals surface area contributed by atoms with Crippen LogP contribution in [0.15, 0.2) is 66.7 Å². The molecule has 2 aromatic carbocycles. The lowest BCUT2D eigenvalue weighted by Gasteiger charge is -2.27. The predicted molar refractivity (Wildman–Crippen MR) is 129 cm³/mol. The zero-order valence-corrected chi connectivity index (χ0v) is 19.7. The Balaban J connectivity index is 1.77. The molecule has 1 heterocycles. The van der Waals surface area contributed by atoms with Crippen LogP contribution in [0.4, 0.5) is 0 Å². The molecule has 0 spiro atoms. The van der Waals surface area contributed by atoms with Gasteiger partial charge in [-0.3, -0.25) is 9.59 Å². The average Bonchev–Trinajstić information content (AvgIpc) is 3.23. The third kappa shape index (κ3) is 6.44. The first-order chi connectivity index (χ1) is 15.5. The lowest BCUT2D eigenvalue weighted by molar-refractivity contribution is -0.133. The topological polar surface area (TPSA) is 49.9 Å². The number of methoxy groups -OCH3 is 1. The molecule has 6 heteroatoms. The van der Waals surface area contributed by atoms with E-state index >= 15 is 0 Å². The maximum absolute atomic E-state index is 13.4. The second-order valence-corrected chi connectivity index (χ2v) is 9.08. The zero-order valence-electron chi connectivity index (χ0n) is 18.9. The highest BCUT2D eigenvalue weighted by molar-refractivity contribution is 7.11. The standard InChI is InChI=1S/C26H30N2O3S/c1-4-16-27(26(30)22-11-13-23(31-3)14-12-22)19-25(29)28(17-21-8-6-5-7-9-21)18-24-15-10-20(2)32-24/h5-15H,4,16-19H2,1-3H3. The molecule has 0 N–H and O–H groups in total. The number of carbonyl (C=O) groups is 2. The lowest BCUT2D eigenvalue weighted by atomic mass is 10.1. The van der Waals surface area contributed by atoms with Crippen LogP contribution in [0.3, 0.4) is 0 Å². The SMILES string of the molecule is CCCN(CC(=O)N(Cc1ccccc1)Cc1ccc(C)s1)C(=O)c1ccc(OC)cc1. The lowest BCUT2D eigenvalue weighted by Crippen LogP contribution is -2.42. The van der Waals surface area contributed by atoms with Crippen LogP contribution in [-0.2, 0) is 17.9 Å². The van der Waals surface area contributed by atoms with Gasteiger partial charge in [0.25, 0.3) is 5.91 Å². The van der Waals surface area contributed by atoms with E-state index in [2.05, 4.69) is 19.1 Å². The molecule has 0 aliphatic carbocycles. The van der Waals surface area contributed by atoms with Crippen LogP contribution in [0.2, 0.25) is 0 Å². The molecule has 0 atom stereocenters. The normalized spacial score (nSPS) is 10.6. The Morgan fingerprint density at radius 2 is 1.62 bits per heavy atom. The number of nitrogens with zero attached hydrogens (tertiary/aromatic N) is 2. The van der Waals surface area contributed by atoms with Crippen molar-refractivity contribution in [1.29, 1.82) is 0 Å². The highest BCUT2D eigenvalue weighted by atomic mass is 32.1. The summed E-state index contributed by atoms with van der Waals surface area (Å²) in [6, 6.07) is 21.1. The van der Waals surface area contributed by atoms with Gasteiger partial charge in [-0.1, -0.05) is 37.3 Å². The zero-order chi connectivity index (χ0) is 22.9. The summed E-state index contributed by atoms with van der Waals surface area (Å²) in [6.07, 6.45) is 0.776. The van der Waals surface area contributed by atoms with E-state index < -0.39 is 0 Å². The molecule has 3 aromatic rings. The molecule has 0 aliphatic rings. The van der Waals surface area contributed by atoms with Gasteiger partial charge in [-0.2, -0.15) is 0 Å². The second kappa shape index (κ2) is 11.5. The monoisotopic (exact) mass is 450 g/mol. The summed E-state index contributed by atoms with van der Waals surface area (Å²) in [5.41, 5.74) is 1.62. The van der Waals surface area contributed by atoms with Crippen molar-refractivity contribution in [2.24, 2.45) is 0 Å². The van der Waals surface area contributed by atoms with Crippen molar-refractivity contribution in [1.82, 2.24) is 9.80 Å². The van der Waals surface area contributed by atoms with Gasteiger partial charge in [-0.15, -0.1) is 11.3 Å². The molecule has 0 bridgehead atoms. The van der Waals surface area contributed by atoms with E-state index in [0.29, 0.717) is 30.9 Å². The Hall–Kier alpha value is -3.12. The Bertz CT molecular complexity index is 1020. The van der Waals surface area contributed by atoms with Gasteiger partial charge in [-0.25, -0.2) is 0 Å². The summed E-state index contributed by atoms with van der Waals surface area (Å²) in [5.74, 6) is 0.490. The van der Waals surface area contributed by atoms with Crippen LogP contribution in [-0.4, -0.2) is 41.8 Å². The Labute approximate surface area is 194 Å². The molecule has 0 saturated carbocycles. The van der Waals surface area contributed by atoms with Gasteiger partial charge >= 0.3 is 0 Å². The fourth-order valence-electron chi connectivity index (χ4n) is 3.50. The smallest absolute Gasteiger partial charge is 0.254 e. The summed E-state index contributed by atoms with van der Waals surface area (Å²) in [5, 5.41) is 0. The molecule has 0 aliphatic heterocycles. The maximum atomic E-state index is 13.4. The predicted octanol–water partition coefficient (Wildman–Crippen LogP) is 5.15. The van der Waals surface area contributed by atoms with Crippen molar-refractivity contribution in [3.8, 4) is 5.75 Å². The van der Waals surface area contributed by atoms with E-state index in [0.717, 1.165) is 16.9 Å². The molecular weight excluding hydrogens is 420 g/mol. The molecule has 5 nitrogen and oxygen atoms in total. The summed E-state index contributed by atoms with van der Waals surface area (Å²) < 4.78 is 5.18. The minimum Gasteiger partial charge on any atom is -0.497 e. The molecular formula is C26H30N2O3S. The first kappa shape index (κ1) is 23.5. The maximum Gasteiger partial charge on any atom is 0.254 e. The van der Waals surface area contributed by atoms with E-state index in [1.807, 2.05) is 42.2 Å². The number of hydrogen-bond donors (Lipinski definition) is 0. The van der Waals surface area contributed by atoms with Crippen molar-refractivity contribution in [3.05, 3.63) is 87.6 Å². The minimum atomic E-state index is -0.144. The largest absolute Gasteiger partial charge is 0.497 e. The Kier molecular flexibility index (Phi) is 8.45. The van der Waals surface area contributed by atoms with Crippen molar-refractivity contribution in [3.63, 3.8) is 0 Å². The highest BCUT2D eigenvalue weighted by Crippen LogP contribution is 2.19. The highest BCUT2D eigenvalue weighted by Gasteiger charge is 2.23. The minimum absolute atomic E-state index is 0.0515. The average molecular weight is 451 g/mol. The van der Waals surface area contributed by atoms with Crippen LogP contribution >= 0.6 is 11.3 Å². The molecule has 0 radical (unpaired) electrons. The summed E-state index contributed by atoms with van der Waals surface area (Å²) in [6.45, 7) is 5.68. The number of benzene rings is 2. The van der Waals surface area contributed by atoms with Crippen LogP contribution in [0.1, 0.15) is 39.0 Å². The van der Waals surface area contributed by atoms with Gasteiger partial charge in [0.1, 0.15) is 12.3 Å². The van der Waals surface area contributed by atoms with E-state index in [9.17, 15) is 9.59 Å². The van der Waals surface area contributed by atoms with Crippen molar-refractivity contribution in [2.45, 2.75) is 33.4 Å². The molecule has 0 unspecified atom stereocenters. The second-order valence-electron chi connectivity index (χ2n) is 7.70. The molecule has 1 aromatic heterocycles. The van der Waals surface area contributed by atoms with Crippen LogP contribution in [0, 0.1) is 6.92 Å². The number of aryl methyl sites for hydroxylation is 1. The molecule has 32 heavy (non-hydrogen) atoms. The van der Waals surface area contributed by atoms with E-state index in [1.165, 1.54) is 4.88 Å². The van der Waals surface area contributed by atoms with Gasteiger partial charge in [0.2, 0.25) is 5.91 Å². The number of rotatable bonds is 10. The fraction of sp³-hybridized carbons (Fsp3) is 0.308. The molecule has 168 valence electrons.